The predicted octanol–water partition coefficient (Wildman–Crippen LogP) is -0.526. The number of anilines is 1. The van der Waals surface area contributed by atoms with Gasteiger partial charge in [0, 0.05) is 6.42 Å². The number of rotatable bonds is 3. The van der Waals surface area contributed by atoms with Gasteiger partial charge in [-0.3, -0.25) is 4.57 Å². The summed E-state index contributed by atoms with van der Waals surface area (Å²) < 4.78 is 7.69. The lowest BCUT2D eigenvalue weighted by atomic mass is 10.2. The van der Waals surface area contributed by atoms with Gasteiger partial charge in [-0.25, -0.2) is 15.0 Å². The van der Waals surface area contributed by atoms with Crippen LogP contribution in [0.1, 0.15) is 37.4 Å². The monoisotopic (exact) mass is 320 g/mol. The third kappa shape index (κ3) is 2.36. The highest BCUT2D eigenvalue weighted by Gasteiger charge is 2.38. The topological polar surface area (TPSA) is 131 Å². The molecule has 0 saturated carbocycles. The zero-order chi connectivity index (χ0) is 16.0. The SMILES string of the molecule is Nc1ncnc2c1nc([C@@H]1CCCN1)n2[C@H]1C[C@H](O)[C@@H](CO)O1. The first-order valence-corrected chi connectivity index (χ1v) is 7.85. The van der Waals surface area contributed by atoms with Crippen molar-refractivity contribution in [1.82, 2.24) is 24.8 Å². The van der Waals surface area contributed by atoms with Crippen LogP contribution < -0.4 is 11.1 Å². The highest BCUT2D eigenvalue weighted by molar-refractivity contribution is 5.82. The molecule has 2 saturated heterocycles. The van der Waals surface area contributed by atoms with Crippen molar-refractivity contribution in [3.8, 4) is 0 Å². The number of nitrogens with one attached hydrogen (secondary N) is 1. The van der Waals surface area contributed by atoms with Crippen molar-refractivity contribution >= 4 is 17.0 Å². The number of nitrogens with zero attached hydrogens (tertiary/aromatic N) is 4. The largest absolute Gasteiger partial charge is 0.394 e. The first-order valence-electron chi connectivity index (χ1n) is 7.85. The molecular weight excluding hydrogens is 300 g/mol. The normalized spacial score (nSPS) is 31.2. The minimum atomic E-state index is -0.717. The van der Waals surface area contributed by atoms with Crippen molar-refractivity contribution < 1.29 is 14.9 Å². The summed E-state index contributed by atoms with van der Waals surface area (Å²) in [7, 11) is 0. The molecule has 4 atom stereocenters. The third-order valence-corrected chi connectivity index (χ3v) is 4.58. The van der Waals surface area contributed by atoms with E-state index >= 15 is 0 Å². The van der Waals surface area contributed by atoms with E-state index in [4.69, 9.17) is 10.5 Å². The molecule has 2 aliphatic heterocycles. The number of aliphatic hydroxyl groups is 2. The van der Waals surface area contributed by atoms with Gasteiger partial charge >= 0.3 is 0 Å². The second-order valence-corrected chi connectivity index (χ2v) is 6.03. The van der Waals surface area contributed by atoms with Crippen LogP contribution in [0.4, 0.5) is 5.82 Å². The molecule has 9 nitrogen and oxygen atoms in total. The molecule has 0 radical (unpaired) electrons. The molecule has 2 aliphatic rings. The standard InChI is InChI=1S/C14H20N6O3/c15-12-11-14(18-6-17-12)20(10-4-8(22)9(5-21)23-10)13(19-11)7-2-1-3-16-7/h6-10,16,21-22H,1-5H2,(H2,15,17,18)/t7-,8-,9+,10+/m0/s1. The molecule has 0 unspecified atom stereocenters. The van der Waals surface area contributed by atoms with Gasteiger partial charge in [0.15, 0.2) is 17.0 Å². The molecule has 2 aromatic heterocycles. The van der Waals surface area contributed by atoms with Gasteiger partial charge in [0.2, 0.25) is 0 Å². The van der Waals surface area contributed by atoms with Crippen LogP contribution in [-0.2, 0) is 4.74 Å². The van der Waals surface area contributed by atoms with E-state index in [1.165, 1.54) is 6.33 Å². The van der Waals surface area contributed by atoms with Gasteiger partial charge < -0.3 is 26.0 Å². The first-order chi connectivity index (χ1) is 11.2. The average molecular weight is 320 g/mol. The van der Waals surface area contributed by atoms with E-state index in [0.717, 1.165) is 25.2 Å². The molecule has 0 amide bonds. The van der Waals surface area contributed by atoms with E-state index in [1.54, 1.807) is 0 Å². The van der Waals surface area contributed by atoms with Gasteiger partial charge in [0.05, 0.1) is 18.8 Å². The minimum Gasteiger partial charge on any atom is -0.394 e. The number of fused-ring (bicyclic) bond motifs is 1. The predicted molar refractivity (Wildman–Crippen MR) is 81.3 cm³/mol. The number of nitrogen functional groups attached to an aromatic ring is 1. The molecule has 4 heterocycles. The molecule has 0 spiro atoms. The maximum Gasteiger partial charge on any atom is 0.167 e. The van der Waals surface area contributed by atoms with E-state index in [0.29, 0.717) is 23.4 Å². The molecule has 124 valence electrons. The average Bonchev–Trinajstić information content (AvgIpc) is 3.24. The first kappa shape index (κ1) is 14.8. The van der Waals surface area contributed by atoms with Crippen LogP contribution in [-0.4, -0.2) is 55.1 Å². The van der Waals surface area contributed by atoms with Crippen LogP contribution in [0.25, 0.3) is 11.2 Å². The number of aliphatic hydroxyl groups excluding tert-OH is 2. The van der Waals surface area contributed by atoms with Crippen molar-refractivity contribution in [2.24, 2.45) is 0 Å². The third-order valence-electron chi connectivity index (χ3n) is 4.58. The second-order valence-electron chi connectivity index (χ2n) is 6.03. The summed E-state index contributed by atoms with van der Waals surface area (Å²) in [5.74, 6) is 1.12. The zero-order valence-corrected chi connectivity index (χ0v) is 12.6. The fourth-order valence-corrected chi connectivity index (χ4v) is 3.42. The van der Waals surface area contributed by atoms with Gasteiger partial charge in [0.25, 0.3) is 0 Å². The Bertz CT molecular complexity index is 714. The lowest BCUT2D eigenvalue weighted by Crippen LogP contribution is -2.24. The zero-order valence-electron chi connectivity index (χ0n) is 12.6. The second kappa shape index (κ2) is 5.68. The van der Waals surface area contributed by atoms with E-state index < -0.39 is 18.4 Å². The Morgan fingerprint density at radius 3 is 3.00 bits per heavy atom. The number of hydrogen-bond acceptors (Lipinski definition) is 8. The van der Waals surface area contributed by atoms with Gasteiger partial charge in [0.1, 0.15) is 24.5 Å². The van der Waals surface area contributed by atoms with Crippen molar-refractivity contribution in [2.75, 3.05) is 18.9 Å². The molecule has 2 aromatic rings. The van der Waals surface area contributed by atoms with E-state index in [1.807, 2.05) is 4.57 Å². The summed E-state index contributed by atoms with van der Waals surface area (Å²) in [6.07, 6.45) is 2.07. The summed E-state index contributed by atoms with van der Waals surface area (Å²) in [5.41, 5.74) is 7.08. The summed E-state index contributed by atoms with van der Waals surface area (Å²) in [6.45, 7) is 0.709. The van der Waals surface area contributed by atoms with Gasteiger partial charge in [-0.05, 0) is 19.4 Å². The van der Waals surface area contributed by atoms with E-state index in [2.05, 4.69) is 20.3 Å². The molecular formula is C14H20N6O3. The quantitative estimate of drug-likeness (QED) is 0.594. The summed E-state index contributed by atoms with van der Waals surface area (Å²) in [6, 6.07) is 0.0949. The van der Waals surface area contributed by atoms with Crippen LogP contribution in [0, 0.1) is 0 Å². The minimum absolute atomic E-state index is 0.0949. The highest BCUT2D eigenvalue weighted by Crippen LogP contribution is 2.36. The van der Waals surface area contributed by atoms with Crippen molar-refractivity contribution in [3.05, 3.63) is 12.2 Å². The molecule has 9 heteroatoms. The molecule has 2 fully saturated rings. The van der Waals surface area contributed by atoms with Crippen LogP contribution in [0.2, 0.25) is 0 Å². The number of imidazole rings is 1. The molecule has 23 heavy (non-hydrogen) atoms. The Morgan fingerprint density at radius 2 is 2.30 bits per heavy atom. The Kier molecular flexibility index (Phi) is 3.64. The summed E-state index contributed by atoms with van der Waals surface area (Å²) >= 11 is 0. The van der Waals surface area contributed by atoms with Crippen molar-refractivity contribution in [2.45, 2.75) is 43.7 Å². The van der Waals surface area contributed by atoms with Gasteiger partial charge in [-0.2, -0.15) is 0 Å². The molecule has 4 rings (SSSR count). The van der Waals surface area contributed by atoms with Crippen molar-refractivity contribution in [1.29, 1.82) is 0 Å². The lowest BCUT2D eigenvalue weighted by molar-refractivity contribution is -0.0443. The van der Waals surface area contributed by atoms with Crippen LogP contribution in [0.5, 0.6) is 0 Å². The Labute approximate surface area is 132 Å². The van der Waals surface area contributed by atoms with Gasteiger partial charge in [-0.15, -0.1) is 0 Å². The Morgan fingerprint density at radius 1 is 1.43 bits per heavy atom. The van der Waals surface area contributed by atoms with Crippen molar-refractivity contribution in [3.63, 3.8) is 0 Å². The Hall–Kier alpha value is -1.81. The highest BCUT2D eigenvalue weighted by atomic mass is 16.5. The van der Waals surface area contributed by atoms with Crippen LogP contribution in [0.15, 0.2) is 6.33 Å². The molecule has 0 aliphatic carbocycles. The lowest BCUT2D eigenvalue weighted by Gasteiger charge is -2.19. The fourth-order valence-electron chi connectivity index (χ4n) is 3.42. The van der Waals surface area contributed by atoms with Gasteiger partial charge in [-0.1, -0.05) is 0 Å². The van der Waals surface area contributed by atoms with E-state index in [-0.39, 0.29) is 12.6 Å². The van der Waals surface area contributed by atoms with E-state index in [9.17, 15) is 10.2 Å². The summed E-state index contributed by atoms with van der Waals surface area (Å²) in [5, 5.41) is 22.8. The fraction of sp³-hybridized carbons (Fsp3) is 0.643. The van der Waals surface area contributed by atoms with Crippen LogP contribution in [0.3, 0.4) is 0 Å². The maximum atomic E-state index is 10.0. The number of ether oxygens (including phenoxy) is 1. The maximum absolute atomic E-state index is 10.0. The van der Waals surface area contributed by atoms with Crippen LogP contribution >= 0.6 is 0 Å². The molecule has 5 N–H and O–H groups in total. The number of hydrogen-bond donors (Lipinski definition) is 4. The number of aromatic nitrogens is 4. The smallest absolute Gasteiger partial charge is 0.167 e. The summed E-state index contributed by atoms with van der Waals surface area (Å²) in [4.78, 5) is 13.0. The molecule has 0 bridgehead atoms. The molecule has 0 aromatic carbocycles. The number of nitrogens with two attached hydrogens (primary N) is 1. The Balaban J connectivity index is 1.83.